The van der Waals surface area contributed by atoms with Crippen LogP contribution in [0.2, 0.25) is 0 Å². The highest BCUT2D eigenvalue weighted by Gasteiger charge is 2.24. The average Bonchev–Trinajstić information content (AvgIpc) is 2.92. The van der Waals surface area contributed by atoms with E-state index < -0.39 is 10.0 Å². The van der Waals surface area contributed by atoms with E-state index in [1.165, 1.54) is 24.7 Å². The van der Waals surface area contributed by atoms with Crippen LogP contribution in [-0.2, 0) is 10.0 Å². The van der Waals surface area contributed by atoms with Crippen molar-refractivity contribution < 1.29 is 8.42 Å². The molecule has 0 amide bonds. The summed E-state index contributed by atoms with van der Waals surface area (Å²) in [4.78, 5) is 4.42. The van der Waals surface area contributed by atoms with Crippen LogP contribution in [0.25, 0.3) is 0 Å². The molecule has 0 spiro atoms. The Morgan fingerprint density at radius 3 is 2.24 bits per heavy atom. The number of rotatable bonds is 6. The molecule has 0 aliphatic carbocycles. The lowest BCUT2D eigenvalue weighted by atomic mass is 10.1. The van der Waals surface area contributed by atoms with Crippen molar-refractivity contribution in [3.63, 3.8) is 0 Å². The number of sulfonamides is 1. The molecule has 1 heterocycles. The minimum Gasteiger partial charge on any atom is -0.378 e. The lowest BCUT2D eigenvalue weighted by Gasteiger charge is -2.28. The topological polar surface area (TPSA) is 52.7 Å². The van der Waals surface area contributed by atoms with Gasteiger partial charge in [0, 0.05) is 32.4 Å². The molecule has 0 unspecified atom stereocenters. The molecule has 2 rings (SSSR count). The van der Waals surface area contributed by atoms with Gasteiger partial charge in [-0.15, -0.1) is 0 Å². The third-order valence-corrected chi connectivity index (χ3v) is 4.61. The zero-order valence-electron chi connectivity index (χ0n) is 13.0. The Morgan fingerprint density at radius 2 is 1.76 bits per heavy atom. The van der Waals surface area contributed by atoms with Gasteiger partial charge in [0.25, 0.3) is 0 Å². The lowest BCUT2D eigenvalue weighted by molar-refractivity contribution is 0.246. The first kappa shape index (κ1) is 16.3. The van der Waals surface area contributed by atoms with E-state index in [9.17, 15) is 8.42 Å². The van der Waals surface area contributed by atoms with E-state index in [0.29, 0.717) is 6.54 Å². The van der Waals surface area contributed by atoms with Gasteiger partial charge in [-0.3, -0.25) is 4.90 Å². The van der Waals surface area contributed by atoms with Gasteiger partial charge in [0.15, 0.2) is 0 Å². The van der Waals surface area contributed by atoms with Crippen molar-refractivity contribution in [3.05, 3.63) is 29.8 Å². The predicted octanol–water partition coefficient (Wildman–Crippen LogP) is 1.44. The van der Waals surface area contributed by atoms with Crippen LogP contribution in [0.15, 0.2) is 24.3 Å². The van der Waals surface area contributed by atoms with Gasteiger partial charge in [-0.2, -0.15) is 0 Å². The third kappa shape index (κ3) is 4.69. The maximum absolute atomic E-state index is 11.4. The van der Waals surface area contributed by atoms with Gasteiger partial charge in [-0.25, -0.2) is 13.1 Å². The van der Waals surface area contributed by atoms with E-state index in [4.69, 9.17) is 0 Å². The third-order valence-electron chi connectivity index (χ3n) is 3.91. The number of likely N-dealkylation sites (tertiary alicyclic amines) is 1. The SMILES string of the molecule is CN(C)c1ccc([C@@H](CNS(C)(=O)=O)N2CCCC2)cc1. The molecule has 1 saturated heterocycles. The molecule has 118 valence electrons. The molecule has 1 atom stereocenters. The summed E-state index contributed by atoms with van der Waals surface area (Å²) in [7, 11) is 0.861. The fourth-order valence-electron chi connectivity index (χ4n) is 2.74. The molecule has 1 aliphatic rings. The van der Waals surface area contributed by atoms with Gasteiger partial charge in [-0.1, -0.05) is 12.1 Å². The molecule has 1 N–H and O–H groups in total. The molecule has 1 aromatic carbocycles. The van der Waals surface area contributed by atoms with Crippen LogP contribution in [0.3, 0.4) is 0 Å². The molecule has 21 heavy (non-hydrogen) atoms. The van der Waals surface area contributed by atoms with Crippen molar-refractivity contribution in [3.8, 4) is 0 Å². The average molecular weight is 311 g/mol. The second kappa shape index (κ2) is 6.77. The van der Waals surface area contributed by atoms with E-state index in [1.54, 1.807) is 0 Å². The van der Waals surface area contributed by atoms with Crippen LogP contribution >= 0.6 is 0 Å². The highest BCUT2D eigenvalue weighted by molar-refractivity contribution is 7.88. The molecule has 0 bridgehead atoms. The zero-order valence-corrected chi connectivity index (χ0v) is 13.9. The van der Waals surface area contributed by atoms with Crippen molar-refractivity contribution in [2.24, 2.45) is 0 Å². The van der Waals surface area contributed by atoms with Crippen LogP contribution in [-0.4, -0.2) is 53.3 Å². The molecule has 1 fully saturated rings. The van der Waals surface area contributed by atoms with Crippen LogP contribution in [0, 0.1) is 0 Å². The monoisotopic (exact) mass is 311 g/mol. The number of benzene rings is 1. The maximum Gasteiger partial charge on any atom is 0.208 e. The summed E-state index contributed by atoms with van der Waals surface area (Å²) in [5.74, 6) is 0. The van der Waals surface area contributed by atoms with E-state index in [0.717, 1.165) is 18.8 Å². The second-order valence-electron chi connectivity index (χ2n) is 5.87. The molecule has 1 aliphatic heterocycles. The van der Waals surface area contributed by atoms with Gasteiger partial charge < -0.3 is 4.90 Å². The summed E-state index contributed by atoms with van der Waals surface area (Å²) in [6.07, 6.45) is 3.58. The summed E-state index contributed by atoms with van der Waals surface area (Å²) >= 11 is 0. The Balaban J connectivity index is 2.17. The van der Waals surface area contributed by atoms with E-state index >= 15 is 0 Å². The molecule has 5 nitrogen and oxygen atoms in total. The van der Waals surface area contributed by atoms with Crippen molar-refractivity contribution >= 4 is 15.7 Å². The Labute approximate surface area is 128 Å². The Kier molecular flexibility index (Phi) is 5.24. The van der Waals surface area contributed by atoms with Crippen LogP contribution in [0.4, 0.5) is 5.69 Å². The van der Waals surface area contributed by atoms with Crippen molar-refractivity contribution in [2.45, 2.75) is 18.9 Å². The van der Waals surface area contributed by atoms with Crippen molar-refractivity contribution in [1.29, 1.82) is 0 Å². The summed E-state index contributed by atoms with van der Waals surface area (Å²) in [5.41, 5.74) is 2.31. The summed E-state index contributed by atoms with van der Waals surface area (Å²) < 4.78 is 25.4. The molecular weight excluding hydrogens is 286 g/mol. The number of hydrogen-bond acceptors (Lipinski definition) is 4. The molecule has 0 aromatic heterocycles. The standard InChI is InChI=1S/C15H25N3O2S/c1-17(2)14-8-6-13(7-9-14)15(12-16-21(3,19)20)18-10-4-5-11-18/h6-9,15-16H,4-5,10-12H2,1-3H3/t15-/m1/s1. The molecule has 0 radical (unpaired) electrons. The quantitative estimate of drug-likeness (QED) is 0.864. The second-order valence-corrected chi connectivity index (χ2v) is 7.70. The van der Waals surface area contributed by atoms with Gasteiger partial charge in [0.05, 0.1) is 6.26 Å². The highest BCUT2D eigenvalue weighted by atomic mass is 32.2. The van der Waals surface area contributed by atoms with Crippen molar-refractivity contribution in [1.82, 2.24) is 9.62 Å². The van der Waals surface area contributed by atoms with Crippen LogP contribution in [0.1, 0.15) is 24.4 Å². The largest absolute Gasteiger partial charge is 0.378 e. The maximum atomic E-state index is 11.4. The van der Waals surface area contributed by atoms with Crippen LogP contribution < -0.4 is 9.62 Å². The van der Waals surface area contributed by atoms with E-state index in [2.05, 4.69) is 38.8 Å². The first-order valence-corrected chi connectivity index (χ1v) is 9.22. The van der Waals surface area contributed by atoms with Gasteiger partial charge in [0.2, 0.25) is 10.0 Å². The van der Waals surface area contributed by atoms with Crippen molar-refractivity contribution in [2.75, 3.05) is 44.9 Å². The van der Waals surface area contributed by atoms with Gasteiger partial charge >= 0.3 is 0 Å². The highest BCUT2D eigenvalue weighted by Crippen LogP contribution is 2.26. The number of nitrogens with one attached hydrogen (secondary N) is 1. The van der Waals surface area contributed by atoms with Gasteiger partial charge in [-0.05, 0) is 43.6 Å². The molecule has 1 aromatic rings. The minimum absolute atomic E-state index is 0.110. The Hall–Kier alpha value is -1.11. The first-order valence-electron chi connectivity index (χ1n) is 7.33. The molecule has 0 saturated carbocycles. The summed E-state index contributed by atoms with van der Waals surface area (Å²) in [6, 6.07) is 8.47. The smallest absolute Gasteiger partial charge is 0.208 e. The molecular formula is C15H25N3O2S. The van der Waals surface area contributed by atoms with Crippen LogP contribution in [0.5, 0.6) is 0 Å². The lowest BCUT2D eigenvalue weighted by Crippen LogP contribution is -2.36. The van der Waals surface area contributed by atoms with Gasteiger partial charge in [0.1, 0.15) is 0 Å². The number of hydrogen-bond donors (Lipinski definition) is 1. The Bertz CT molecular complexity index is 549. The fraction of sp³-hybridized carbons (Fsp3) is 0.600. The zero-order chi connectivity index (χ0) is 15.5. The Morgan fingerprint density at radius 1 is 1.19 bits per heavy atom. The molecule has 6 heteroatoms. The summed E-state index contributed by atoms with van der Waals surface area (Å²) in [6.45, 7) is 2.50. The number of anilines is 1. The normalized spacial score (nSPS) is 17.9. The minimum atomic E-state index is -3.16. The predicted molar refractivity (Wildman–Crippen MR) is 87.2 cm³/mol. The summed E-state index contributed by atoms with van der Waals surface area (Å²) in [5, 5.41) is 0. The van der Waals surface area contributed by atoms with E-state index in [1.807, 2.05) is 14.1 Å². The first-order chi connectivity index (χ1) is 9.87. The fourth-order valence-corrected chi connectivity index (χ4v) is 3.20. The van der Waals surface area contributed by atoms with E-state index in [-0.39, 0.29) is 6.04 Å². The number of nitrogens with zero attached hydrogens (tertiary/aromatic N) is 2.